The Bertz CT molecular complexity index is 666. The van der Waals surface area contributed by atoms with E-state index < -0.39 is 5.97 Å². The Balaban J connectivity index is 1.91. The summed E-state index contributed by atoms with van der Waals surface area (Å²) in [6.07, 6.45) is 0. The standard InChI is InChI=1S/C16H15NO5/c1-21-14-5-3-2-4-13(14)17-15(18)10-22-12-8-6-11(7-9-12)16(19)20/h2-9H,10H2,1H3,(H,17,18)(H,19,20). The number of carboxylic acid groups (broad SMARTS) is 1. The van der Waals surface area contributed by atoms with Gasteiger partial charge in [0.15, 0.2) is 6.61 Å². The molecule has 0 saturated carbocycles. The third-order valence-electron chi connectivity index (χ3n) is 2.85. The maximum Gasteiger partial charge on any atom is 0.335 e. The molecule has 22 heavy (non-hydrogen) atoms. The summed E-state index contributed by atoms with van der Waals surface area (Å²) < 4.78 is 10.4. The molecule has 0 heterocycles. The molecule has 0 radical (unpaired) electrons. The largest absolute Gasteiger partial charge is 0.495 e. The van der Waals surface area contributed by atoms with Crippen LogP contribution in [0.1, 0.15) is 10.4 Å². The smallest absolute Gasteiger partial charge is 0.335 e. The van der Waals surface area contributed by atoms with E-state index in [0.717, 1.165) is 0 Å². The van der Waals surface area contributed by atoms with E-state index in [-0.39, 0.29) is 18.1 Å². The molecule has 0 atom stereocenters. The highest BCUT2D eigenvalue weighted by Gasteiger charge is 2.08. The van der Waals surface area contributed by atoms with Crippen LogP contribution in [0.15, 0.2) is 48.5 Å². The van der Waals surface area contributed by atoms with Crippen LogP contribution in [0.4, 0.5) is 5.69 Å². The summed E-state index contributed by atoms with van der Waals surface area (Å²) in [6.45, 7) is -0.190. The number of ether oxygens (including phenoxy) is 2. The summed E-state index contributed by atoms with van der Waals surface area (Å²) in [7, 11) is 1.52. The van der Waals surface area contributed by atoms with Crippen LogP contribution in [-0.4, -0.2) is 30.7 Å². The number of para-hydroxylation sites is 2. The normalized spacial score (nSPS) is 9.86. The molecule has 1 amide bonds. The second kappa shape index (κ2) is 7.12. The second-order valence-electron chi connectivity index (χ2n) is 4.37. The Morgan fingerprint density at radius 2 is 1.77 bits per heavy atom. The van der Waals surface area contributed by atoms with Gasteiger partial charge >= 0.3 is 5.97 Å². The first-order valence-corrected chi connectivity index (χ1v) is 6.49. The third-order valence-corrected chi connectivity index (χ3v) is 2.85. The van der Waals surface area contributed by atoms with E-state index in [0.29, 0.717) is 17.2 Å². The molecule has 6 nitrogen and oxygen atoms in total. The van der Waals surface area contributed by atoms with Crippen molar-refractivity contribution in [1.29, 1.82) is 0 Å². The molecular weight excluding hydrogens is 286 g/mol. The number of carbonyl (C=O) groups is 2. The lowest BCUT2D eigenvalue weighted by atomic mass is 10.2. The predicted molar refractivity (Wildman–Crippen MR) is 80.5 cm³/mol. The number of benzene rings is 2. The molecule has 2 aromatic rings. The molecule has 0 aromatic heterocycles. The quantitative estimate of drug-likeness (QED) is 0.856. The van der Waals surface area contributed by atoms with Crippen LogP contribution >= 0.6 is 0 Å². The first-order chi connectivity index (χ1) is 10.6. The molecule has 0 aliphatic carbocycles. The van der Waals surface area contributed by atoms with Gasteiger partial charge in [-0.15, -0.1) is 0 Å². The summed E-state index contributed by atoms with van der Waals surface area (Å²) >= 11 is 0. The van der Waals surface area contributed by atoms with Crippen LogP contribution in [0.5, 0.6) is 11.5 Å². The van der Waals surface area contributed by atoms with E-state index in [9.17, 15) is 9.59 Å². The lowest BCUT2D eigenvalue weighted by molar-refractivity contribution is -0.118. The van der Waals surface area contributed by atoms with Gasteiger partial charge in [-0.2, -0.15) is 0 Å². The lowest BCUT2D eigenvalue weighted by Crippen LogP contribution is -2.20. The van der Waals surface area contributed by atoms with Crippen LogP contribution in [0.3, 0.4) is 0 Å². The van der Waals surface area contributed by atoms with Gasteiger partial charge in [-0.3, -0.25) is 4.79 Å². The van der Waals surface area contributed by atoms with E-state index in [4.69, 9.17) is 14.6 Å². The minimum Gasteiger partial charge on any atom is -0.495 e. The summed E-state index contributed by atoms with van der Waals surface area (Å²) in [5.41, 5.74) is 0.714. The number of nitrogens with one attached hydrogen (secondary N) is 1. The fraction of sp³-hybridized carbons (Fsp3) is 0.125. The van der Waals surface area contributed by atoms with Crippen molar-refractivity contribution >= 4 is 17.6 Å². The van der Waals surface area contributed by atoms with Crippen LogP contribution in [-0.2, 0) is 4.79 Å². The van der Waals surface area contributed by atoms with Crippen molar-refractivity contribution < 1.29 is 24.2 Å². The SMILES string of the molecule is COc1ccccc1NC(=O)COc1ccc(C(=O)O)cc1. The van der Waals surface area contributed by atoms with Gasteiger partial charge in [0, 0.05) is 0 Å². The summed E-state index contributed by atoms with van der Waals surface area (Å²) in [5, 5.41) is 11.5. The Labute approximate surface area is 127 Å². The zero-order valence-electron chi connectivity index (χ0n) is 11.9. The van der Waals surface area contributed by atoms with Crippen LogP contribution in [0.25, 0.3) is 0 Å². The molecular formula is C16H15NO5. The minimum absolute atomic E-state index is 0.158. The number of aromatic carboxylic acids is 1. The molecule has 0 aliphatic heterocycles. The number of amides is 1. The van der Waals surface area contributed by atoms with Crippen LogP contribution < -0.4 is 14.8 Å². The topological polar surface area (TPSA) is 84.9 Å². The Hall–Kier alpha value is -3.02. The van der Waals surface area contributed by atoms with E-state index in [1.54, 1.807) is 24.3 Å². The number of anilines is 1. The molecule has 0 saturated heterocycles. The average molecular weight is 301 g/mol. The molecule has 0 unspecified atom stereocenters. The summed E-state index contributed by atoms with van der Waals surface area (Å²) in [6, 6.07) is 12.9. The van der Waals surface area contributed by atoms with Gasteiger partial charge in [0.1, 0.15) is 11.5 Å². The fourth-order valence-electron chi connectivity index (χ4n) is 1.78. The molecule has 2 aromatic carbocycles. The highest BCUT2D eigenvalue weighted by atomic mass is 16.5. The number of rotatable bonds is 6. The Morgan fingerprint density at radius 1 is 1.09 bits per heavy atom. The summed E-state index contributed by atoms with van der Waals surface area (Å²) in [5.74, 6) is -0.380. The monoisotopic (exact) mass is 301 g/mol. The number of carboxylic acids is 1. The Kier molecular flexibility index (Phi) is 4.98. The van der Waals surface area contributed by atoms with Gasteiger partial charge < -0.3 is 19.9 Å². The predicted octanol–water partition coefficient (Wildman–Crippen LogP) is 2.41. The van der Waals surface area contributed by atoms with Crippen LogP contribution in [0, 0.1) is 0 Å². The number of hydrogen-bond acceptors (Lipinski definition) is 4. The van der Waals surface area contributed by atoms with Crippen molar-refractivity contribution in [2.24, 2.45) is 0 Å². The molecule has 114 valence electrons. The van der Waals surface area contributed by atoms with Gasteiger partial charge in [0.25, 0.3) is 5.91 Å². The summed E-state index contributed by atoms with van der Waals surface area (Å²) in [4.78, 5) is 22.6. The number of methoxy groups -OCH3 is 1. The number of hydrogen-bond donors (Lipinski definition) is 2. The fourth-order valence-corrected chi connectivity index (χ4v) is 1.78. The highest BCUT2D eigenvalue weighted by molar-refractivity contribution is 5.93. The average Bonchev–Trinajstić information content (AvgIpc) is 2.54. The highest BCUT2D eigenvalue weighted by Crippen LogP contribution is 2.22. The van der Waals surface area contributed by atoms with Crippen molar-refractivity contribution in [2.75, 3.05) is 19.0 Å². The zero-order valence-corrected chi connectivity index (χ0v) is 11.9. The second-order valence-corrected chi connectivity index (χ2v) is 4.37. The van der Waals surface area contributed by atoms with Gasteiger partial charge in [0.05, 0.1) is 18.4 Å². The molecule has 0 aliphatic rings. The third kappa shape index (κ3) is 3.99. The van der Waals surface area contributed by atoms with Gasteiger partial charge in [-0.05, 0) is 36.4 Å². The molecule has 0 spiro atoms. The van der Waals surface area contributed by atoms with Gasteiger partial charge in [-0.1, -0.05) is 12.1 Å². The minimum atomic E-state index is -1.01. The molecule has 2 N–H and O–H groups in total. The van der Waals surface area contributed by atoms with Crippen molar-refractivity contribution in [3.05, 3.63) is 54.1 Å². The van der Waals surface area contributed by atoms with Crippen molar-refractivity contribution in [2.45, 2.75) is 0 Å². The maximum atomic E-state index is 11.8. The van der Waals surface area contributed by atoms with E-state index in [1.807, 2.05) is 0 Å². The van der Waals surface area contributed by atoms with E-state index >= 15 is 0 Å². The number of carbonyl (C=O) groups excluding carboxylic acids is 1. The van der Waals surface area contributed by atoms with Crippen molar-refractivity contribution in [3.63, 3.8) is 0 Å². The molecule has 6 heteroatoms. The lowest BCUT2D eigenvalue weighted by Gasteiger charge is -2.10. The van der Waals surface area contributed by atoms with E-state index in [2.05, 4.69) is 5.32 Å². The van der Waals surface area contributed by atoms with Gasteiger partial charge in [0.2, 0.25) is 0 Å². The molecule has 0 fully saturated rings. The first kappa shape index (κ1) is 15.4. The van der Waals surface area contributed by atoms with E-state index in [1.165, 1.54) is 31.4 Å². The van der Waals surface area contributed by atoms with Crippen LogP contribution in [0.2, 0.25) is 0 Å². The maximum absolute atomic E-state index is 11.8. The molecule has 2 rings (SSSR count). The molecule has 0 bridgehead atoms. The van der Waals surface area contributed by atoms with Crippen molar-refractivity contribution in [1.82, 2.24) is 0 Å². The zero-order chi connectivity index (χ0) is 15.9. The van der Waals surface area contributed by atoms with Gasteiger partial charge in [-0.25, -0.2) is 4.79 Å². The first-order valence-electron chi connectivity index (χ1n) is 6.49. The Morgan fingerprint density at radius 3 is 2.41 bits per heavy atom. The van der Waals surface area contributed by atoms with Crippen molar-refractivity contribution in [3.8, 4) is 11.5 Å².